The molecule has 0 aliphatic rings. The van der Waals surface area contributed by atoms with Crippen molar-refractivity contribution in [2.24, 2.45) is 10.9 Å². The lowest BCUT2D eigenvalue weighted by molar-refractivity contribution is 0.0258. The lowest BCUT2D eigenvalue weighted by Gasteiger charge is -2.22. The number of aliphatic imine (C=N–C) groups is 1. The Morgan fingerprint density at radius 1 is 1.19 bits per heavy atom. The number of methoxy groups -OCH3 is 1. The van der Waals surface area contributed by atoms with Crippen LogP contribution in [0.5, 0.6) is 0 Å². The topological polar surface area (TPSA) is 54.9 Å². The Kier molecular flexibility index (Phi) is 13.7. The standard InChI is InChI=1S/C19H32FN3O2.HI/c1-6-25-17(14(2)3)11-12-22-19(21-4)23-13-18(24-5)15-7-9-16(20)10-8-15;/h7-10,14,17-18H,6,11-13H2,1-5H3,(H2,21,22,23);1H. The minimum atomic E-state index is -0.252. The first-order valence-corrected chi connectivity index (χ1v) is 8.86. The first-order chi connectivity index (χ1) is 12.0. The zero-order valence-electron chi connectivity index (χ0n) is 16.4. The van der Waals surface area contributed by atoms with Crippen LogP contribution in [0.3, 0.4) is 0 Å². The average molecular weight is 481 g/mol. The Bertz CT molecular complexity index is 512. The number of nitrogens with one attached hydrogen (secondary N) is 2. The van der Waals surface area contributed by atoms with E-state index in [0.29, 0.717) is 18.4 Å². The van der Waals surface area contributed by atoms with Crippen LogP contribution in [0, 0.1) is 11.7 Å². The van der Waals surface area contributed by atoms with Gasteiger partial charge in [-0.3, -0.25) is 4.99 Å². The van der Waals surface area contributed by atoms with Gasteiger partial charge >= 0.3 is 0 Å². The summed E-state index contributed by atoms with van der Waals surface area (Å²) >= 11 is 0. The van der Waals surface area contributed by atoms with Crippen molar-refractivity contribution in [3.63, 3.8) is 0 Å². The number of halogens is 2. The second kappa shape index (κ2) is 14.2. The maximum atomic E-state index is 13.0. The molecule has 0 heterocycles. The Labute approximate surface area is 174 Å². The molecule has 0 aromatic heterocycles. The molecule has 2 N–H and O–H groups in total. The summed E-state index contributed by atoms with van der Waals surface area (Å²) in [6.45, 7) is 8.39. The third-order valence-corrected chi connectivity index (χ3v) is 4.05. The van der Waals surface area contributed by atoms with Crippen LogP contribution in [-0.2, 0) is 9.47 Å². The Morgan fingerprint density at radius 3 is 2.35 bits per heavy atom. The van der Waals surface area contributed by atoms with Crippen LogP contribution in [0.15, 0.2) is 29.3 Å². The number of rotatable bonds is 10. The lowest BCUT2D eigenvalue weighted by atomic mass is 10.0. The highest BCUT2D eigenvalue weighted by Gasteiger charge is 2.14. The van der Waals surface area contributed by atoms with Gasteiger partial charge in [0, 0.05) is 33.9 Å². The van der Waals surface area contributed by atoms with Gasteiger partial charge in [-0.25, -0.2) is 4.39 Å². The number of hydrogen-bond donors (Lipinski definition) is 2. The van der Waals surface area contributed by atoms with Gasteiger partial charge in [-0.05, 0) is 37.0 Å². The summed E-state index contributed by atoms with van der Waals surface area (Å²) in [5.74, 6) is 0.939. The maximum absolute atomic E-state index is 13.0. The minimum Gasteiger partial charge on any atom is -0.378 e. The van der Waals surface area contributed by atoms with Crippen molar-refractivity contribution in [2.75, 3.05) is 33.9 Å². The van der Waals surface area contributed by atoms with Gasteiger partial charge in [-0.1, -0.05) is 26.0 Å². The summed E-state index contributed by atoms with van der Waals surface area (Å²) < 4.78 is 24.3. The minimum absolute atomic E-state index is 0. The zero-order valence-corrected chi connectivity index (χ0v) is 18.8. The van der Waals surface area contributed by atoms with Crippen LogP contribution in [0.2, 0.25) is 0 Å². The van der Waals surface area contributed by atoms with Crippen LogP contribution < -0.4 is 10.6 Å². The Hall–Kier alpha value is -0.930. The molecule has 0 saturated heterocycles. The van der Waals surface area contributed by atoms with Crippen LogP contribution in [-0.4, -0.2) is 45.9 Å². The van der Waals surface area contributed by atoms with Gasteiger partial charge in [-0.15, -0.1) is 24.0 Å². The molecule has 0 bridgehead atoms. The fraction of sp³-hybridized carbons (Fsp3) is 0.632. The van der Waals surface area contributed by atoms with Crippen molar-refractivity contribution in [3.8, 4) is 0 Å². The first kappa shape index (κ1) is 25.1. The summed E-state index contributed by atoms with van der Waals surface area (Å²) in [7, 11) is 3.37. The monoisotopic (exact) mass is 481 g/mol. The predicted molar refractivity (Wildman–Crippen MR) is 116 cm³/mol. The van der Waals surface area contributed by atoms with Crippen molar-refractivity contribution in [3.05, 3.63) is 35.6 Å². The smallest absolute Gasteiger partial charge is 0.191 e. The molecule has 1 aromatic carbocycles. The van der Waals surface area contributed by atoms with Crippen molar-refractivity contribution >= 4 is 29.9 Å². The molecule has 0 saturated carbocycles. The largest absolute Gasteiger partial charge is 0.378 e. The van der Waals surface area contributed by atoms with Crippen molar-refractivity contribution < 1.29 is 13.9 Å². The SMILES string of the molecule is CCOC(CCNC(=NC)NCC(OC)c1ccc(F)cc1)C(C)C.I. The summed E-state index contributed by atoms with van der Waals surface area (Å²) in [5, 5.41) is 6.54. The fourth-order valence-electron chi connectivity index (χ4n) is 2.58. The van der Waals surface area contributed by atoms with E-state index >= 15 is 0 Å². The van der Waals surface area contributed by atoms with Crippen molar-refractivity contribution in [1.82, 2.24) is 10.6 Å². The second-order valence-electron chi connectivity index (χ2n) is 6.18. The summed E-state index contributed by atoms with van der Waals surface area (Å²) in [4.78, 5) is 4.23. The summed E-state index contributed by atoms with van der Waals surface area (Å²) in [5.41, 5.74) is 0.920. The van der Waals surface area contributed by atoms with Crippen LogP contribution in [0.1, 0.15) is 38.9 Å². The molecule has 2 unspecified atom stereocenters. The van der Waals surface area contributed by atoms with Gasteiger partial charge < -0.3 is 20.1 Å². The summed E-state index contributed by atoms with van der Waals surface area (Å²) in [6, 6.07) is 6.34. The van der Waals surface area contributed by atoms with Gasteiger partial charge in [0.1, 0.15) is 5.82 Å². The van der Waals surface area contributed by atoms with E-state index in [-0.39, 0.29) is 42.0 Å². The number of guanidine groups is 1. The number of nitrogens with zero attached hydrogens (tertiary/aromatic N) is 1. The molecule has 1 aromatic rings. The molecule has 7 heteroatoms. The molecule has 0 spiro atoms. The van der Waals surface area contributed by atoms with E-state index < -0.39 is 0 Å². The normalized spacial score (nSPS) is 13.9. The van der Waals surface area contributed by atoms with E-state index in [2.05, 4.69) is 29.5 Å². The fourth-order valence-corrected chi connectivity index (χ4v) is 2.58. The Balaban J connectivity index is 0.00000625. The molecule has 0 aliphatic heterocycles. The van der Waals surface area contributed by atoms with Gasteiger partial charge in [0.15, 0.2) is 5.96 Å². The predicted octanol–water partition coefficient (Wildman–Crippen LogP) is 3.75. The van der Waals surface area contributed by atoms with Gasteiger partial charge in [0.05, 0.1) is 12.2 Å². The average Bonchev–Trinajstić information content (AvgIpc) is 2.60. The van der Waals surface area contributed by atoms with Crippen LogP contribution in [0.4, 0.5) is 4.39 Å². The van der Waals surface area contributed by atoms with E-state index in [4.69, 9.17) is 9.47 Å². The van der Waals surface area contributed by atoms with Crippen LogP contribution >= 0.6 is 24.0 Å². The molecule has 1 rings (SSSR count). The highest BCUT2D eigenvalue weighted by Crippen LogP contribution is 2.16. The summed E-state index contributed by atoms with van der Waals surface area (Å²) in [6.07, 6.45) is 0.977. The highest BCUT2D eigenvalue weighted by molar-refractivity contribution is 14.0. The van der Waals surface area contributed by atoms with Gasteiger partial charge in [0.2, 0.25) is 0 Å². The van der Waals surface area contributed by atoms with E-state index in [1.165, 1.54) is 12.1 Å². The number of ether oxygens (including phenoxy) is 2. The highest BCUT2D eigenvalue weighted by atomic mass is 127. The molecule has 26 heavy (non-hydrogen) atoms. The molecule has 0 amide bonds. The van der Waals surface area contributed by atoms with E-state index in [1.807, 2.05) is 6.92 Å². The van der Waals surface area contributed by atoms with E-state index in [9.17, 15) is 4.39 Å². The molecule has 5 nitrogen and oxygen atoms in total. The second-order valence-corrected chi connectivity index (χ2v) is 6.18. The number of hydrogen-bond acceptors (Lipinski definition) is 3. The van der Waals surface area contributed by atoms with Gasteiger partial charge in [-0.2, -0.15) is 0 Å². The molecule has 2 atom stereocenters. The van der Waals surface area contributed by atoms with E-state index in [0.717, 1.165) is 25.1 Å². The third-order valence-electron chi connectivity index (χ3n) is 4.05. The number of benzene rings is 1. The van der Waals surface area contributed by atoms with Crippen molar-refractivity contribution in [2.45, 2.75) is 39.4 Å². The molecular formula is C19H33FIN3O2. The zero-order chi connectivity index (χ0) is 18.7. The maximum Gasteiger partial charge on any atom is 0.191 e. The van der Waals surface area contributed by atoms with Gasteiger partial charge in [0.25, 0.3) is 0 Å². The molecule has 150 valence electrons. The molecule has 0 radical (unpaired) electrons. The molecule has 0 fully saturated rings. The quantitative estimate of drug-likeness (QED) is 0.304. The van der Waals surface area contributed by atoms with Crippen molar-refractivity contribution in [1.29, 1.82) is 0 Å². The molecular weight excluding hydrogens is 448 g/mol. The first-order valence-electron chi connectivity index (χ1n) is 8.86. The van der Waals surface area contributed by atoms with E-state index in [1.54, 1.807) is 26.3 Å². The molecule has 0 aliphatic carbocycles. The van der Waals surface area contributed by atoms with Crippen LogP contribution in [0.25, 0.3) is 0 Å². The lowest BCUT2D eigenvalue weighted by Crippen LogP contribution is -2.41. The third kappa shape index (κ3) is 9.14. The Morgan fingerprint density at radius 2 is 1.85 bits per heavy atom.